The zero-order valence-electron chi connectivity index (χ0n) is 16.1. The maximum Gasteiger partial charge on any atom is 0.316 e. The number of carbonyl (C=O) groups is 1. The Bertz CT molecular complexity index is 982. The van der Waals surface area contributed by atoms with Crippen LogP contribution < -0.4 is 11.1 Å². The quantitative estimate of drug-likeness (QED) is 0.780. The number of carbonyl (C=O) groups excluding carboxylic acids is 1. The van der Waals surface area contributed by atoms with Crippen LogP contribution in [0.5, 0.6) is 0 Å². The minimum absolute atomic E-state index is 0.0474. The van der Waals surface area contributed by atoms with E-state index >= 15 is 0 Å². The average molecular weight is 386 g/mol. The zero-order chi connectivity index (χ0) is 19.7. The Morgan fingerprint density at radius 1 is 1.21 bits per heavy atom. The number of hydrogen-bond donors (Lipinski definition) is 1. The summed E-state index contributed by atoms with van der Waals surface area (Å²) >= 11 is 0. The van der Waals surface area contributed by atoms with Gasteiger partial charge in [0, 0.05) is 51.4 Å². The van der Waals surface area contributed by atoms with Crippen LogP contribution in [-0.4, -0.2) is 70.7 Å². The highest BCUT2D eigenvalue weighted by Gasteiger charge is 2.25. The summed E-state index contributed by atoms with van der Waals surface area (Å²) in [6.45, 7) is 7.04. The Labute approximate surface area is 162 Å². The van der Waals surface area contributed by atoms with Gasteiger partial charge in [-0.05, 0) is 38.0 Å². The van der Waals surface area contributed by atoms with Gasteiger partial charge in [-0.2, -0.15) is 0 Å². The molecule has 8 nitrogen and oxygen atoms in total. The number of piperazine rings is 1. The molecule has 150 valence electrons. The van der Waals surface area contributed by atoms with E-state index in [1.54, 1.807) is 18.2 Å². The molecule has 0 bridgehead atoms. The SMILES string of the molecule is CCn1c(=O)c(=O)[nH]c2cc(C(=O)N3CCN(CC4CCCO4)CC3)ccc21. The number of aryl methyl sites for hydroxylation is 1. The molecule has 2 fully saturated rings. The van der Waals surface area contributed by atoms with E-state index in [0.29, 0.717) is 42.3 Å². The van der Waals surface area contributed by atoms with Gasteiger partial charge in [-0.15, -0.1) is 0 Å². The number of aromatic amines is 1. The van der Waals surface area contributed by atoms with Gasteiger partial charge in [-0.1, -0.05) is 0 Å². The second kappa shape index (κ2) is 7.89. The van der Waals surface area contributed by atoms with Crippen molar-refractivity contribution in [2.24, 2.45) is 0 Å². The van der Waals surface area contributed by atoms with Crippen LogP contribution in [0.15, 0.2) is 27.8 Å². The van der Waals surface area contributed by atoms with Crippen molar-refractivity contribution in [1.29, 1.82) is 0 Å². The molecule has 4 rings (SSSR count). The van der Waals surface area contributed by atoms with Crippen LogP contribution in [0.3, 0.4) is 0 Å². The van der Waals surface area contributed by atoms with Crippen LogP contribution in [-0.2, 0) is 11.3 Å². The lowest BCUT2D eigenvalue weighted by molar-refractivity contribution is 0.0433. The first-order valence-electron chi connectivity index (χ1n) is 9.97. The van der Waals surface area contributed by atoms with Gasteiger partial charge >= 0.3 is 11.1 Å². The van der Waals surface area contributed by atoms with Crippen LogP contribution in [0.4, 0.5) is 0 Å². The molecule has 0 aliphatic carbocycles. The minimum atomic E-state index is -0.665. The number of hydrogen-bond acceptors (Lipinski definition) is 5. The van der Waals surface area contributed by atoms with Crippen molar-refractivity contribution >= 4 is 16.9 Å². The molecule has 8 heteroatoms. The summed E-state index contributed by atoms with van der Waals surface area (Å²) in [5.41, 5.74) is 0.425. The number of fused-ring (bicyclic) bond motifs is 1. The fourth-order valence-electron chi connectivity index (χ4n) is 4.12. The largest absolute Gasteiger partial charge is 0.377 e. The van der Waals surface area contributed by atoms with E-state index in [1.165, 1.54) is 4.57 Å². The first-order chi connectivity index (χ1) is 13.6. The third kappa shape index (κ3) is 3.62. The molecule has 0 spiro atoms. The number of nitrogens with zero attached hydrogens (tertiary/aromatic N) is 3. The fourth-order valence-corrected chi connectivity index (χ4v) is 4.12. The molecule has 0 saturated carbocycles. The van der Waals surface area contributed by atoms with Crippen LogP contribution in [0.25, 0.3) is 11.0 Å². The van der Waals surface area contributed by atoms with Gasteiger partial charge in [-0.25, -0.2) is 0 Å². The van der Waals surface area contributed by atoms with Crippen molar-refractivity contribution in [3.63, 3.8) is 0 Å². The number of amides is 1. The van der Waals surface area contributed by atoms with Crippen molar-refractivity contribution in [1.82, 2.24) is 19.4 Å². The summed E-state index contributed by atoms with van der Waals surface area (Å²) in [7, 11) is 0. The van der Waals surface area contributed by atoms with Crippen LogP contribution in [0.1, 0.15) is 30.1 Å². The number of nitrogens with one attached hydrogen (secondary N) is 1. The summed E-state index contributed by atoms with van der Waals surface area (Å²) in [6, 6.07) is 5.13. The third-order valence-electron chi connectivity index (χ3n) is 5.68. The molecule has 3 heterocycles. The smallest absolute Gasteiger partial charge is 0.316 e. The first kappa shape index (κ1) is 18.9. The van der Waals surface area contributed by atoms with E-state index in [0.717, 1.165) is 39.1 Å². The van der Waals surface area contributed by atoms with E-state index in [4.69, 9.17) is 4.74 Å². The van der Waals surface area contributed by atoms with Crippen molar-refractivity contribution in [2.75, 3.05) is 39.3 Å². The highest BCUT2D eigenvalue weighted by Crippen LogP contribution is 2.17. The van der Waals surface area contributed by atoms with E-state index in [2.05, 4.69) is 9.88 Å². The average Bonchev–Trinajstić information content (AvgIpc) is 3.22. The number of aromatic nitrogens is 2. The second-order valence-electron chi connectivity index (χ2n) is 7.46. The Balaban J connectivity index is 1.47. The highest BCUT2D eigenvalue weighted by atomic mass is 16.5. The van der Waals surface area contributed by atoms with Gasteiger partial charge in [0.2, 0.25) is 0 Å². The topological polar surface area (TPSA) is 87.6 Å². The van der Waals surface area contributed by atoms with Crippen molar-refractivity contribution < 1.29 is 9.53 Å². The monoisotopic (exact) mass is 386 g/mol. The number of rotatable bonds is 4. The minimum Gasteiger partial charge on any atom is -0.377 e. The van der Waals surface area contributed by atoms with E-state index in [9.17, 15) is 14.4 Å². The van der Waals surface area contributed by atoms with Gasteiger partial charge in [0.25, 0.3) is 5.91 Å². The van der Waals surface area contributed by atoms with E-state index in [1.807, 2.05) is 11.8 Å². The third-order valence-corrected chi connectivity index (χ3v) is 5.68. The van der Waals surface area contributed by atoms with Crippen molar-refractivity contribution in [2.45, 2.75) is 32.4 Å². The predicted molar refractivity (Wildman–Crippen MR) is 106 cm³/mol. The number of H-pyrrole nitrogens is 1. The van der Waals surface area contributed by atoms with E-state index in [-0.39, 0.29) is 5.91 Å². The molecule has 1 aromatic carbocycles. The molecule has 1 unspecified atom stereocenters. The van der Waals surface area contributed by atoms with Crippen molar-refractivity contribution in [3.8, 4) is 0 Å². The van der Waals surface area contributed by atoms with Gasteiger partial charge < -0.3 is 19.2 Å². The summed E-state index contributed by atoms with van der Waals surface area (Å²) in [5.74, 6) is -0.0474. The number of benzene rings is 1. The maximum absolute atomic E-state index is 12.9. The molecular formula is C20H26N4O4. The Kier molecular flexibility index (Phi) is 5.32. The summed E-state index contributed by atoms with van der Waals surface area (Å²) in [4.78, 5) is 43.6. The van der Waals surface area contributed by atoms with Gasteiger partial charge in [0.1, 0.15) is 0 Å². The normalized spacial score (nSPS) is 20.8. The molecule has 1 aromatic heterocycles. The Morgan fingerprint density at radius 2 is 2.00 bits per heavy atom. The van der Waals surface area contributed by atoms with E-state index < -0.39 is 11.1 Å². The Hall–Kier alpha value is -2.45. The molecular weight excluding hydrogens is 360 g/mol. The van der Waals surface area contributed by atoms with Crippen molar-refractivity contribution in [3.05, 3.63) is 44.5 Å². The summed E-state index contributed by atoms with van der Waals surface area (Å²) in [5, 5.41) is 0. The second-order valence-corrected chi connectivity index (χ2v) is 7.46. The van der Waals surface area contributed by atoms with Gasteiger partial charge in [-0.3, -0.25) is 19.3 Å². The molecule has 28 heavy (non-hydrogen) atoms. The molecule has 2 aliphatic rings. The highest BCUT2D eigenvalue weighted by molar-refractivity contribution is 5.97. The lowest BCUT2D eigenvalue weighted by Crippen LogP contribution is -2.50. The van der Waals surface area contributed by atoms with Crippen LogP contribution in [0.2, 0.25) is 0 Å². The Morgan fingerprint density at radius 3 is 2.68 bits per heavy atom. The van der Waals surface area contributed by atoms with Crippen LogP contribution >= 0.6 is 0 Å². The van der Waals surface area contributed by atoms with Crippen LogP contribution in [0, 0.1) is 0 Å². The predicted octanol–water partition coefficient (Wildman–Crippen LogP) is 0.647. The summed E-state index contributed by atoms with van der Waals surface area (Å²) < 4.78 is 7.12. The lowest BCUT2D eigenvalue weighted by Gasteiger charge is -2.35. The molecule has 1 atom stereocenters. The first-order valence-corrected chi connectivity index (χ1v) is 9.97. The number of ether oxygens (including phenoxy) is 1. The lowest BCUT2D eigenvalue weighted by atomic mass is 10.1. The molecule has 0 radical (unpaired) electrons. The van der Waals surface area contributed by atoms with Gasteiger partial charge in [0.15, 0.2) is 0 Å². The molecule has 2 aromatic rings. The molecule has 1 amide bonds. The fraction of sp³-hybridized carbons (Fsp3) is 0.550. The molecule has 1 N–H and O–H groups in total. The standard InChI is InChI=1S/C20H26N4O4/c1-2-24-17-6-5-14(12-16(17)21-18(25)20(24)27)19(26)23-9-7-22(8-10-23)13-15-4-3-11-28-15/h5-6,12,15H,2-4,7-11,13H2,1H3,(H,21,25). The zero-order valence-corrected chi connectivity index (χ0v) is 16.1. The van der Waals surface area contributed by atoms with Gasteiger partial charge in [0.05, 0.1) is 17.1 Å². The summed E-state index contributed by atoms with van der Waals surface area (Å²) in [6.07, 6.45) is 2.59. The molecule has 2 aliphatic heterocycles. The molecule has 2 saturated heterocycles. The maximum atomic E-state index is 12.9.